The fraction of sp³-hybridized carbons (Fsp3) is 0.200. The molecule has 106 valence electrons. The minimum atomic E-state index is -3.35. The van der Waals surface area contributed by atoms with E-state index in [2.05, 4.69) is 15.9 Å². The van der Waals surface area contributed by atoms with Crippen LogP contribution in [0.2, 0.25) is 0 Å². The number of hydrogen-bond acceptors (Lipinski definition) is 3. The van der Waals surface area contributed by atoms with Crippen molar-refractivity contribution in [2.45, 2.75) is 10.3 Å². The maximum absolute atomic E-state index is 11.4. The molecular formula is C15H15BrO3S. The summed E-state index contributed by atoms with van der Waals surface area (Å²) in [6, 6.07) is 17.1. The average Bonchev–Trinajstić information content (AvgIpc) is 2.46. The maximum atomic E-state index is 11.4. The summed E-state index contributed by atoms with van der Waals surface area (Å²) < 4.78 is 21.9. The Hall–Kier alpha value is -1.17. The van der Waals surface area contributed by atoms with Gasteiger partial charge in [0.2, 0.25) is 0 Å². The fourth-order valence-corrected chi connectivity index (χ4v) is 2.82. The average molecular weight is 355 g/mol. The van der Waals surface area contributed by atoms with Gasteiger partial charge in [0.15, 0.2) is 9.84 Å². The number of halogens is 1. The van der Waals surface area contributed by atoms with E-state index < -0.39 is 20.1 Å². The normalized spacial score (nSPS) is 14.8. The van der Waals surface area contributed by atoms with Gasteiger partial charge < -0.3 is 5.11 Å². The first-order valence-electron chi connectivity index (χ1n) is 6.06. The highest BCUT2D eigenvalue weighted by Crippen LogP contribution is 2.28. The van der Waals surface area contributed by atoms with E-state index >= 15 is 0 Å². The second-order valence-corrected chi connectivity index (χ2v) is 8.37. The summed E-state index contributed by atoms with van der Waals surface area (Å²) in [5.41, 5.74) is 2.66. The summed E-state index contributed by atoms with van der Waals surface area (Å²) in [5.74, 6) is 0. The lowest BCUT2D eigenvalue weighted by Crippen LogP contribution is -2.21. The van der Waals surface area contributed by atoms with Crippen molar-refractivity contribution in [3.63, 3.8) is 0 Å². The van der Waals surface area contributed by atoms with Crippen LogP contribution in [0.15, 0.2) is 54.6 Å². The Labute approximate surface area is 127 Å². The molecule has 0 aliphatic rings. The quantitative estimate of drug-likeness (QED) is 0.858. The molecule has 2 atom stereocenters. The van der Waals surface area contributed by atoms with E-state index in [-0.39, 0.29) is 0 Å². The molecule has 0 fully saturated rings. The number of benzene rings is 2. The van der Waals surface area contributed by atoms with Crippen LogP contribution in [0.1, 0.15) is 11.7 Å². The topological polar surface area (TPSA) is 54.4 Å². The van der Waals surface area contributed by atoms with Crippen molar-refractivity contribution in [2.75, 3.05) is 6.26 Å². The molecule has 5 heteroatoms. The van der Waals surface area contributed by atoms with Crippen molar-refractivity contribution < 1.29 is 13.5 Å². The second kappa shape index (κ2) is 6.08. The van der Waals surface area contributed by atoms with Crippen molar-refractivity contribution in [1.29, 1.82) is 0 Å². The van der Waals surface area contributed by atoms with Gasteiger partial charge in [-0.1, -0.05) is 70.5 Å². The minimum Gasteiger partial charge on any atom is -0.386 e. The highest BCUT2D eigenvalue weighted by atomic mass is 79.9. The van der Waals surface area contributed by atoms with Crippen molar-refractivity contribution >= 4 is 25.8 Å². The Balaban J connectivity index is 2.25. The van der Waals surface area contributed by atoms with Gasteiger partial charge in [0.1, 0.15) is 10.3 Å². The van der Waals surface area contributed by atoms with Gasteiger partial charge in [0.25, 0.3) is 0 Å². The third-order valence-corrected chi connectivity index (χ3v) is 6.63. The van der Waals surface area contributed by atoms with Gasteiger partial charge >= 0.3 is 0 Å². The molecule has 1 N–H and O–H groups in total. The van der Waals surface area contributed by atoms with Gasteiger partial charge in [0.05, 0.1) is 0 Å². The highest BCUT2D eigenvalue weighted by molar-refractivity contribution is 9.11. The van der Waals surface area contributed by atoms with E-state index in [9.17, 15) is 13.5 Å². The van der Waals surface area contributed by atoms with Crippen LogP contribution >= 0.6 is 15.9 Å². The summed E-state index contributed by atoms with van der Waals surface area (Å²) in [6.07, 6.45) is 0.00312. The van der Waals surface area contributed by atoms with E-state index in [4.69, 9.17) is 0 Å². The minimum absolute atomic E-state index is 0.567. The summed E-state index contributed by atoms with van der Waals surface area (Å²) >= 11 is 3.03. The van der Waals surface area contributed by atoms with Crippen LogP contribution in [0.4, 0.5) is 0 Å². The van der Waals surface area contributed by atoms with Crippen LogP contribution in [0, 0.1) is 0 Å². The Kier molecular flexibility index (Phi) is 4.62. The number of hydrogen-bond donors (Lipinski definition) is 1. The van der Waals surface area contributed by atoms with Gasteiger partial charge in [-0.15, -0.1) is 0 Å². The molecule has 0 aliphatic heterocycles. The third kappa shape index (κ3) is 3.48. The molecule has 0 spiro atoms. The van der Waals surface area contributed by atoms with Crippen LogP contribution in [0.3, 0.4) is 0 Å². The van der Waals surface area contributed by atoms with E-state index in [0.717, 1.165) is 17.4 Å². The van der Waals surface area contributed by atoms with Crippen molar-refractivity contribution in [2.24, 2.45) is 0 Å². The molecule has 3 nitrogen and oxygen atoms in total. The lowest BCUT2D eigenvalue weighted by Gasteiger charge is -2.16. The smallest absolute Gasteiger partial charge is 0.163 e. The van der Waals surface area contributed by atoms with Crippen LogP contribution in [0.25, 0.3) is 11.1 Å². The zero-order valence-corrected chi connectivity index (χ0v) is 13.3. The van der Waals surface area contributed by atoms with E-state index in [0.29, 0.717) is 5.56 Å². The molecule has 0 unspecified atom stereocenters. The molecule has 0 saturated heterocycles. The van der Waals surface area contributed by atoms with Crippen molar-refractivity contribution in [1.82, 2.24) is 0 Å². The van der Waals surface area contributed by atoms with Crippen LogP contribution in [-0.4, -0.2) is 23.9 Å². The lowest BCUT2D eigenvalue weighted by molar-refractivity contribution is 0.195. The molecule has 20 heavy (non-hydrogen) atoms. The molecular weight excluding hydrogens is 340 g/mol. The summed E-state index contributed by atoms with van der Waals surface area (Å²) in [6.45, 7) is 0. The lowest BCUT2D eigenvalue weighted by atomic mass is 10.0. The standard InChI is InChI=1S/C15H15BrO3S/c1-20(18,19)15(16)14(17)13-9-7-12(8-10-13)11-5-3-2-4-6-11/h2-10,14-15,17H,1H3/t14-,15+/m0/s1. The van der Waals surface area contributed by atoms with Crippen molar-refractivity contribution in [3.05, 3.63) is 60.2 Å². The zero-order valence-electron chi connectivity index (χ0n) is 10.9. The largest absolute Gasteiger partial charge is 0.386 e. The van der Waals surface area contributed by atoms with E-state index in [1.165, 1.54) is 0 Å². The number of aliphatic hydroxyl groups is 1. The first kappa shape index (κ1) is 15.2. The van der Waals surface area contributed by atoms with Crippen LogP contribution in [0.5, 0.6) is 0 Å². The van der Waals surface area contributed by atoms with Gasteiger partial charge in [-0.2, -0.15) is 0 Å². The maximum Gasteiger partial charge on any atom is 0.163 e. The van der Waals surface area contributed by atoms with Crippen molar-refractivity contribution in [3.8, 4) is 11.1 Å². The molecule has 0 aliphatic carbocycles. The number of alkyl halides is 1. The number of sulfone groups is 1. The Morgan fingerprint density at radius 1 is 0.950 bits per heavy atom. The Morgan fingerprint density at radius 2 is 1.45 bits per heavy atom. The molecule has 0 amide bonds. The molecule has 2 aromatic carbocycles. The highest BCUT2D eigenvalue weighted by Gasteiger charge is 2.27. The Morgan fingerprint density at radius 3 is 1.95 bits per heavy atom. The van der Waals surface area contributed by atoms with Gasteiger partial charge in [-0.25, -0.2) is 8.42 Å². The first-order chi connectivity index (χ1) is 9.39. The van der Waals surface area contributed by atoms with E-state index in [1.54, 1.807) is 12.1 Å². The number of aliphatic hydroxyl groups excluding tert-OH is 1. The predicted molar refractivity (Wildman–Crippen MR) is 84.4 cm³/mol. The summed E-state index contributed by atoms with van der Waals surface area (Å²) in [5, 5.41) is 10.1. The monoisotopic (exact) mass is 354 g/mol. The predicted octanol–water partition coefficient (Wildman–Crippen LogP) is 3.15. The second-order valence-electron chi connectivity index (χ2n) is 4.61. The molecule has 0 aromatic heterocycles. The molecule has 0 bridgehead atoms. The van der Waals surface area contributed by atoms with Gasteiger partial charge in [-0.05, 0) is 16.7 Å². The van der Waals surface area contributed by atoms with E-state index in [1.807, 2.05) is 42.5 Å². The van der Waals surface area contributed by atoms with Gasteiger partial charge in [-0.3, -0.25) is 0 Å². The van der Waals surface area contributed by atoms with Crippen LogP contribution in [-0.2, 0) is 9.84 Å². The third-order valence-electron chi connectivity index (χ3n) is 3.02. The summed E-state index contributed by atoms with van der Waals surface area (Å²) in [7, 11) is -3.35. The zero-order chi connectivity index (χ0) is 14.8. The SMILES string of the molecule is CS(=O)(=O)[C@@H](Br)[C@@H](O)c1ccc(-c2ccccc2)cc1. The van der Waals surface area contributed by atoms with Crippen LogP contribution < -0.4 is 0 Å². The molecule has 2 rings (SSSR count). The fourth-order valence-electron chi connectivity index (χ4n) is 1.89. The Bertz CT molecular complexity index is 666. The molecule has 0 saturated carbocycles. The summed E-state index contributed by atoms with van der Waals surface area (Å²) in [4.78, 5) is 0. The number of rotatable bonds is 4. The molecule has 2 aromatic rings. The first-order valence-corrected chi connectivity index (χ1v) is 8.93. The van der Waals surface area contributed by atoms with Gasteiger partial charge in [0, 0.05) is 6.26 Å². The molecule has 0 radical (unpaired) electrons. The molecule has 0 heterocycles.